The number of thiazole rings is 1. The lowest BCUT2D eigenvalue weighted by atomic mass is 9.80. The van der Waals surface area contributed by atoms with E-state index in [2.05, 4.69) is 48.4 Å². The van der Waals surface area contributed by atoms with E-state index in [1.165, 1.54) is 10.6 Å². The van der Waals surface area contributed by atoms with Crippen LogP contribution < -0.4 is 5.73 Å². The monoisotopic (exact) mass is 301 g/mol. The van der Waals surface area contributed by atoms with E-state index in [1.807, 2.05) is 6.07 Å². The van der Waals surface area contributed by atoms with Crippen LogP contribution in [0.15, 0.2) is 35.7 Å². The van der Waals surface area contributed by atoms with Crippen molar-refractivity contribution in [2.24, 2.45) is 11.1 Å². The number of benzene rings is 1. The average Bonchev–Trinajstić information content (AvgIpc) is 2.92. The highest BCUT2D eigenvalue weighted by molar-refractivity contribution is 7.09. The molecule has 3 nitrogen and oxygen atoms in total. The Morgan fingerprint density at radius 1 is 1.33 bits per heavy atom. The summed E-state index contributed by atoms with van der Waals surface area (Å²) in [5.74, 6) is 0. The zero-order valence-electron chi connectivity index (χ0n) is 12.7. The van der Waals surface area contributed by atoms with Crippen molar-refractivity contribution in [3.05, 3.63) is 40.7 Å². The van der Waals surface area contributed by atoms with Crippen molar-refractivity contribution >= 4 is 11.3 Å². The molecule has 1 fully saturated rings. The normalized spacial score (nSPS) is 22.3. The average molecular weight is 301 g/mol. The number of likely N-dealkylation sites (tertiary alicyclic amines) is 1. The molecule has 2 heterocycles. The minimum absolute atomic E-state index is 0.192. The van der Waals surface area contributed by atoms with Gasteiger partial charge in [0.25, 0.3) is 0 Å². The summed E-state index contributed by atoms with van der Waals surface area (Å²) in [6.45, 7) is 7.59. The fourth-order valence-corrected chi connectivity index (χ4v) is 3.78. The summed E-state index contributed by atoms with van der Waals surface area (Å²) in [7, 11) is 0. The second kappa shape index (κ2) is 5.87. The predicted molar refractivity (Wildman–Crippen MR) is 89.2 cm³/mol. The molecule has 0 spiro atoms. The van der Waals surface area contributed by atoms with Gasteiger partial charge in [-0.2, -0.15) is 0 Å². The van der Waals surface area contributed by atoms with E-state index < -0.39 is 0 Å². The molecule has 4 heteroatoms. The van der Waals surface area contributed by atoms with Crippen LogP contribution in [0.4, 0.5) is 0 Å². The van der Waals surface area contributed by atoms with Gasteiger partial charge in [-0.1, -0.05) is 44.2 Å². The Labute approximate surface area is 130 Å². The maximum Gasteiger partial charge on any atom is 0.107 e. The van der Waals surface area contributed by atoms with Crippen LogP contribution in [0, 0.1) is 5.41 Å². The molecule has 2 N–H and O–H groups in total. The van der Waals surface area contributed by atoms with Crippen LogP contribution in [0.25, 0.3) is 11.3 Å². The Hall–Kier alpha value is -1.23. The highest BCUT2D eigenvalue weighted by Gasteiger charge is 2.33. The molecule has 0 radical (unpaired) electrons. The number of nitrogens with two attached hydrogens (primary N) is 1. The van der Waals surface area contributed by atoms with Crippen molar-refractivity contribution in [2.45, 2.75) is 32.9 Å². The Morgan fingerprint density at radius 3 is 2.81 bits per heavy atom. The summed E-state index contributed by atoms with van der Waals surface area (Å²) in [6, 6.07) is 10.7. The third-order valence-corrected chi connectivity index (χ3v) is 5.20. The van der Waals surface area contributed by atoms with E-state index in [4.69, 9.17) is 10.7 Å². The summed E-state index contributed by atoms with van der Waals surface area (Å²) in [6.07, 6.45) is 1.07. The first-order chi connectivity index (χ1) is 10.0. The highest BCUT2D eigenvalue weighted by atomic mass is 32.1. The second-order valence-corrected chi connectivity index (χ2v) is 7.53. The summed E-state index contributed by atoms with van der Waals surface area (Å²) in [4.78, 5) is 7.27. The first kappa shape index (κ1) is 14.7. The van der Waals surface area contributed by atoms with Gasteiger partial charge in [0.2, 0.25) is 0 Å². The number of rotatable bonds is 3. The number of nitrogens with zero attached hydrogens (tertiary/aromatic N) is 2. The molecule has 0 amide bonds. The third-order valence-electron chi connectivity index (χ3n) is 4.37. The van der Waals surface area contributed by atoms with Gasteiger partial charge in [-0.3, -0.25) is 4.90 Å². The van der Waals surface area contributed by atoms with E-state index in [-0.39, 0.29) is 5.41 Å². The van der Waals surface area contributed by atoms with E-state index in [0.29, 0.717) is 6.04 Å². The van der Waals surface area contributed by atoms with Crippen molar-refractivity contribution in [3.63, 3.8) is 0 Å². The largest absolute Gasteiger partial charge is 0.327 e. The van der Waals surface area contributed by atoms with Crippen LogP contribution in [-0.4, -0.2) is 29.0 Å². The number of hydrogen-bond acceptors (Lipinski definition) is 4. The quantitative estimate of drug-likeness (QED) is 0.945. The molecule has 1 saturated heterocycles. The predicted octanol–water partition coefficient (Wildman–Crippen LogP) is 3.37. The maximum atomic E-state index is 6.21. The fourth-order valence-electron chi connectivity index (χ4n) is 2.94. The summed E-state index contributed by atoms with van der Waals surface area (Å²) in [5, 5.41) is 3.35. The topological polar surface area (TPSA) is 42.2 Å². The molecule has 1 aliphatic rings. The molecular weight excluding hydrogens is 278 g/mol. The van der Waals surface area contributed by atoms with Gasteiger partial charge in [0, 0.05) is 30.1 Å². The van der Waals surface area contributed by atoms with Gasteiger partial charge in [-0.15, -0.1) is 11.3 Å². The van der Waals surface area contributed by atoms with Gasteiger partial charge in [0.1, 0.15) is 5.01 Å². The SMILES string of the molecule is CC1(C)CN(Cc2nc(-c3ccccc3)cs2)CCC1N. The van der Waals surface area contributed by atoms with Crippen LogP contribution in [0.3, 0.4) is 0 Å². The molecule has 0 bridgehead atoms. The van der Waals surface area contributed by atoms with Crippen LogP contribution in [-0.2, 0) is 6.54 Å². The second-order valence-electron chi connectivity index (χ2n) is 6.59. The molecule has 0 saturated carbocycles. The lowest BCUT2D eigenvalue weighted by Crippen LogP contribution is -2.52. The molecule has 1 atom stereocenters. The van der Waals surface area contributed by atoms with Gasteiger partial charge in [-0.25, -0.2) is 4.98 Å². The molecule has 1 aromatic heterocycles. The standard InChI is InChI=1S/C17H23N3S/c1-17(2)12-20(9-8-15(17)18)10-16-19-14(11-21-16)13-6-4-3-5-7-13/h3-7,11,15H,8-10,12,18H2,1-2H3. The summed E-state index contributed by atoms with van der Waals surface area (Å²) >= 11 is 1.75. The fraction of sp³-hybridized carbons (Fsp3) is 0.471. The molecule has 21 heavy (non-hydrogen) atoms. The minimum Gasteiger partial charge on any atom is -0.327 e. The Bertz CT molecular complexity index is 591. The zero-order chi connectivity index (χ0) is 14.9. The molecular formula is C17H23N3S. The third kappa shape index (κ3) is 3.34. The Balaban J connectivity index is 1.68. The molecule has 1 aromatic carbocycles. The number of piperidine rings is 1. The van der Waals surface area contributed by atoms with Crippen molar-refractivity contribution in [1.29, 1.82) is 0 Å². The minimum atomic E-state index is 0.192. The van der Waals surface area contributed by atoms with Gasteiger partial charge in [-0.05, 0) is 11.8 Å². The van der Waals surface area contributed by atoms with Gasteiger partial charge in [0.15, 0.2) is 0 Å². The van der Waals surface area contributed by atoms with Crippen molar-refractivity contribution in [2.75, 3.05) is 13.1 Å². The van der Waals surface area contributed by atoms with Crippen LogP contribution in [0.2, 0.25) is 0 Å². The van der Waals surface area contributed by atoms with Crippen LogP contribution >= 0.6 is 11.3 Å². The Kier molecular flexibility index (Phi) is 4.11. The molecule has 2 aromatic rings. The van der Waals surface area contributed by atoms with E-state index in [1.54, 1.807) is 11.3 Å². The van der Waals surface area contributed by atoms with Gasteiger partial charge in [0.05, 0.1) is 12.2 Å². The lowest BCUT2D eigenvalue weighted by molar-refractivity contribution is 0.0898. The first-order valence-electron chi connectivity index (χ1n) is 7.52. The van der Waals surface area contributed by atoms with Crippen molar-refractivity contribution in [1.82, 2.24) is 9.88 Å². The Morgan fingerprint density at radius 2 is 2.10 bits per heavy atom. The number of hydrogen-bond donors (Lipinski definition) is 1. The van der Waals surface area contributed by atoms with E-state index in [9.17, 15) is 0 Å². The summed E-state index contributed by atoms with van der Waals surface area (Å²) < 4.78 is 0. The van der Waals surface area contributed by atoms with E-state index >= 15 is 0 Å². The highest BCUT2D eigenvalue weighted by Crippen LogP contribution is 2.29. The molecule has 1 unspecified atom stereocenters. The van der Waals surface area contributed by atoms with Crippen molar-refractivity contribution in [3.8, 4) is 11.3 Å². The molecule has 3 rings (SSSR count). The summed E-state index contributed by atoms with van der Waals surface area (Å²) in [5.41, 5.74) is 8.68. The van der Waals surface area contributed by atoms with Gasteiger partial charge >= 0.3 is 0 Å². The van der Waals surface area contributed by atoms with E-state index in [0.717, 1.165) is 31.7 Å². The molecule has 112 valence electrons. The van der Waals surface area contributed by atoms with Crippen LogP contribution in [0.5, 0.6) is 0 Å². The van der Waals surface area contributed by atoms with Gasteiger partial charge < -0.3 is 5.73 Å². The van der Waals surface area contributed by atoms with Crippen molar-refractivity contribution < 1.29 is 0 Å². The molecule has 1 aliphatic heterocycles. The zero-order valence-corrected chi connectivity index (χ0v) is 13.6. The number of aromatic nitrogens is 1. The smallest absolute Gasteiger partial charge is 0.107 e. The molecule has 0 aliphatic carbocycles. The van der Waals surface area contributed by atoms with Crippen LogP contribution in [0.1, 0.15) is 25.3 Å². The first-order valence-corrected chi connectivity index (χ1v) is 8.40. The lowest BCUT2D eigenvalue weighted by Gasteiger charge is -2.42. The maximum absolute atomic E-state index is 6.21.